The second-order valence-electron chi connectivity index (χ2n) is 3.56. The molecule has 0 saturated heterocycles. The summed E-state index contributed by atoms with van der Waals surface area (Å²) < 4.78 is 37.0. The van der Waals surface area contributed by atoms with Crippen LogP contribution in [-0.2, 0) is 4.79 Å². The number of halogens is 3. The number of nitrogens with one attached hydrogen (secondary N) is 2. The van der Waals surface area contributed by atoms with Gasteiger partial charge >= 0.3 is 0 Å². The van der Waals surface area contributed by atoms with E-state index < -0.39 is 30.8 Å². The van der Waals surface area contributed by atoms with Crippen molar-refractivity contribution in [3.05, 3.63) is 30.1 Å². The summed E-state index contributed by atoms with van der Waals surface area (Å²) in [6.07, 6.45) is -4.70. The molecule has 18 heavy (non-hydrogen) atoms. The van der Waals surface area contributed by atoms with E-state index in [2.05, 4.69) is 10.6 Å². The molecule has 7 heteroatoms. The van der Waals surface area contributed by atoms with E-state index in [1.54, 1.807) is 6.07 Å². The Hall–Kier alpha value is -1.60. The van der Waals surface area contributed by atoms with Crippen LogP contribution in [0.2, 0.25) is 0 Å². The minimum Gasteiger partial charge on any atom is -0.386 e. The maximum atomic E-state index is 13.1. The zero-order chi connectivity index (χ0) is 13.5. The van der Waals surface area contributed by atoms with Crippen LogP contribution in [0.1, 0.15) is 0 Å². The Morgan fingerprint density at radius 2 is 2.00 bits per heavy atom. The summed E-state index contributed by atoms with van der Waals surface area (Å²) in [5, 5.41) is 13.4. The number of alkyl halides is 2. The second-order valence-corrected chi connectivity index (χ2v) is 3.56. The maximum Gasteiger partial charge on any atom is 0.265 e. The predicted molar refractivity (Wildman–Crippen MR) is 59.9 cm³/mol. The Morgan fingerprint density at radius 3 is 2.61 bits per heavy atom. The third-order valence-corrected chi connectivity index (χ3v) is 2.08. The van der Waals surface area contributed by atoms with Gasteiger partial charge in [-0.15, -0.1) is 0 Å². The van der Waals surface area contributed by atoms with E-state index in [-0.39, 0.29) is 12.2 Å². The Bertz CT molecular complexity index is 402. The summed E-state index contributed by atoms with van der Waals surface area (Å²) in [7, 11) is 0. The van der Waals surface area contributed by atoms with Crippen LogP contribution < -0.4 is 10.6 Å². The molecule has 0 radical (unpaired) electrons. The standard InChI is InChI=1S/C11H13F3N2O2/c12-7-3-1-2-4-8(7)16-10(18)6-15-5-9(17)11(13)14/h1-4,9,11,15,17H,5-6H2,(H,16,18). The van der Waals surface area contributed by atoms with Gasteiger partial charge in [0.05, 0.1) is 12.2 Å². The smallest absolute Gasteiger partial charge is 0.265 e. The molecule has 1 aromatic carbocycles. The van der Waals surface area contributed by atoms with Gasteiger partial charge in [0.25, 0.3) is 6.43 Å². The van der Waals surface area contributed by atoms with Gasteiger partial charge in [0.15, 0.2) is 0 Å². The Balaban J connectivity index is 2.33. The Kier molecular flexibility index (Phi) is 5.60. The number of anilines is 1. The van der Waals surface area contributed by atoms with Gasteiger partial charge in [0, 0.05) is 6.54 Å². The molecule has 0 saturated carbocycles. The van der Waals surface area contributed by atoms with Crippen LogP contribution in [0.15, 0.2) is 24.3 Å². The van der Waals surface area contributed by atoms with E-state index >= 15 is 0 Å². The number of benzene rings is 1. The van der Waals surface area contributed by atoms with Crippen molar-refractivity contribution in [2.45, 2.75) is 12.5 Å². The van der Waals surface area contributed by atoms with Crippen LogP contribution in [0.25, 0.3) is 0 Å². The zero-order valence-corrected chi connectivity index (χ0v) is 9.37. The molecular weight excluding hydrogens is 249 g/mol. The lowest BCUT2D eigenvalue weighted by atomic mass is 10.3. The highest BCUT2D eigenvalue weighted by Gasteiger charge is 2.16. The van der Waals surface area contributed by atoms with E-state index in [1.165, 1.54) is 18.2 Å². The number of carbonyl (C=O) groups excluding carboxylic acids is 1. The predicted octanol–water partition coefficient (Wildman–Crippen LogP) is 0.980. The van der Waals surface area contributed by atoms with E-state index in [9.17, 15) is 18.0 Å². The fourth-order valence-electron chi connectivity index (χ4n) is 1.18. The van der Waals surface area contributed by atoms with Gasteiger partial charge in [-0.25, -0.2) is 13.2 Å². The topological polar surface area (TPSA) is 61.4 Å². The van der Waals surface area contributed by atoms with Crippen molar-refractivity contribution < 1.29 is 23.1 Å². The molecule has 0 fully saturated rings. The molecule has 100 valence electrons. The van der Waals surface area contributed by atoms with Crippen LogP contribution in [0.3, 0.4) is 0 Å². The molecular formula is C11H13F3N2O2. The minimum atomic E-state index is -2.87. The highest BCUT2D eigenvalue weighted by molar-refractivity contribution is 5.92. The fraction of sp³-hybridized carbons (Fsp3) is 0.364. The van der Waals surface area contributed by atoms with Crippen molar-refractivity contribution in [2.24, 2.45) is 0 Å². The first-order valence-electron chi connectivity index (χ1n) is 5.22. The van der Waals surface area contributed by atoms with Crippen molar-refractivity contribution >= 4 is 11.6 Å². The first-order chi connectivity index (χ1) is 8.50. The third-order valence-electron chi connectivity index (χ3n) is 2.08. The summed E-state index contributed by atoms with van der Waals surface area (Å²) in [6.45, 7) is -0.708. The van der Waals surface area contributed by atoms with Gasteiger partial charge in [0.2, 0.25) is 5.91 Å². The molecule has 3 N–H and O–H groups in total. The minimum absolute atomic E-state index is 0.0127. The van der Waals surface area contributed by atoms with Crippen molar-refractivity contribution in [3.8, 4) is 0 Å². The molecule has 0 aromatic heterocycles. The largest absolute Gasteiger partial charge is 0.386 e. The molecule has 1 atom stereocenters. The fourth-order valence-corrected chi connectivity index (χ4v) is 1.18. The monoisotopic (exact) mass is 262 g/mol. The first kappa shape index (κ1) is 14.5. The van der Waals surface area contributed by atoms with Gasteiger partial charge in [-0.3, -0.25) is 4.79 Å². The average Bonchev–Trinajstić information content (AvgIpc) is 2.32. The summed E-state index contributed by atoms with van der Waals surface area (Å²) in [5.74, 6) is -1.17. The summed E-state index contributed by atoms with van der Waals surface area (Å²) in [5.41, 5.74) is 0.0127. The summed E-state index contributed by atoms with van der Waals surface area (Å²) >= 11 is 0. The molecule has 0 spiro atoms. The van der Waals surface area contributed by atoms with Crippen LogP contribution >= 0.6 is 0 Å². The highest BCUT2D eigenvalue weighted by Crippen LogP contribution is 2.11. The van der Waals surface area contributed by atoms with Crippen molar-refractivity contribution in [2.75, 3.05) is 18.4 Å². The molecule has 0 aliphatic rings. The van der Waals surface area contributed by atoms with Gasteiger partial charge in [-0.05, 0) is 12.1 Å². The Morgan fingerprint density at radius 1 is 1.33 bits per heavy atom. The first-order valence-corrected chi connectivity index (χ1v) is 5.22. The zero-order valence-electron chi connectivity index (χ0n) is 9.37. The number of carbonyl (C=O) groups is 1. The number of para-hydroxylation sites is 1. The molecule has 1 unspecified atom stereocenters. The lowest BCUT2D eigenvalue weighted by Crippen LogP contribution is -2.36. The molecule has 1 amide bonds. The molecule has 0 heterocycles. The van der Waals surface area contributed by atoms with E-state index in [0.29, 0.717) is 0 Å². The number of hydrogen-bond donors (Lipinski definition) is 3. The van der Waals surface area contributed by atoms with Crippen molar-refractivity contribution in [1.82, 2.24) is 5.32 Å². The summed E-state index contributed by atoms with van der Waals surface area (Å²) in [4.78, 5) is 11.3. The highest BCUT2D eigenvalue weighted by atomic mass is 19.3. The normalized spacial score (nSPS) is 12.5. The SMILES string of the molecule is O=C(CNCC(O)C(F)F)Nc1ccccc1F. The Labute approximate surface area is 102 Å². The van der Waals surface area contributed by atoms with E-state index in [0.717, 1.165) is 0 Å². The quantitative estimate of drug-likeness (QED) is 0.716. The lowest BCUT2D eigenvalue weighted by molar-refractivity contribution is -0.115. The molecule has 0 bridgehead atoms. The number of rotatable bonds is 6. The summed E-state index contributed by atoms with van der Waals surface area (Å²) in [6, 6.07) is 5.58. The molecule has 0 aliphatic carbocycles. The van der Waals surface area contributed by atoms with Crippen molar-refractivity contribution in [3.63, 3.8) is 0 Å². The van der Waals surface area contributed by atoms with Crippen LogP contribution in [-0.4, -0.2) is 36.6 Å². The van der Waals surface area contributed by atoms with Gasteiger partial charge in [-0.1, -0.05) is 12.1 Å². The average molecular weight is 262 g/mol. The van der Waals surface area contributed by atoms with Gasteiger partial charge < -0.3 is 15.7 Å². The number of hydrogen-bond acceptors (Lipinski definition) is 3. The third kappa shape index (κ3) is 4.72. The van der Waals surface area contributed by atoms with Crippen molar-refractivity contribution in [1.29, 1.82) is 0 Å². The van der Waals surface area contributed by atoms with Crippen LogP contribution in [0.5, 0.6) is 0 Å². The lowest BCUT2D eigenvalue weighted by Gasteiger charge is -2.11. The second kappa shape index (κ2) is 6.97. The molecule has 4 nitrogen and oxygen atoms in total. The molecule has 1 aromatic rings. The number of aliphatic hydroxyl groups is 1. The van der Waals surface area contributed by atoms with Gasteiger partial charge in [-0.2, -0.15) is 0 Å². The van der Waals surface area contributed by atoms with Gasteiger partial charge in [0.1, 0.15) is 11.9 Å². The maximum absolute atomic E-state index is 13.1. The van der Waals surface area contributed by atoms with Crippen LogP contribution in [0.4, 0.5) is 18.9 Å². The van der Waals surface area contributed by atoms with E-state index in [1.807, 2.05) is 0 Å². The number of aliphatic hydroxyl groups excluding tert-OH is 1. The molecule has 0 aliphatic heterocycles. The van der Waals surface area contributed by atoms with Crippen LogP contribution in [0, 0.1) is 5.82 Å². The number of amides is 1. The van der Waals surface area contributed by atoms with E-state index in [4.69, 9.17) is 5.11 Å². The molecule has 1 rings (SSSR count).